The third-order valence-electron chi connectivity index (χ3n) is 7.10. The van der Waals surface area contributed by atoms with Crippen LogP contribution >= 0.6 is 11.3 Å². The lowest BCUT2D eigenvalue weighted by atomic mass is 9.72. The molecule has 1 aromatic heterocycles. The fourth-order valence-corrected chi connectivity index (χ4v) is 6.35. The van der Waals surface area contributed by atoms with Crippen molar-refractivity contribution in [2.45, 2.75) is 72.6 Å². The first-order valence-corrected chi connectivity index (χ1v) is 12.9. The van der Waals surface area contributed by atoms with Gasteiger partial charge in [0.25, 0.3) is 11.8 Å². The van der Waals surface area contributed by atoms with Crippen LogP contribution in [0, 0.1) is 18.3 Å². The van der Waals surface area contributed by atoms with E-state index in [4.69, 9.17) is 0 Å². The van der Waals surface area contributed by atoms with Gasteiger partial charge in [0, 0.05) is 23.5 Å². The third kappa shape index (κ3) is 4.93. The van der Waals surface area contributed by atoms with Gasteiger partial charge in [0.15, 0.2) is 0 Å². The van der Waals surface area contributed by atoms with Crippen molar-refractivity contribution in [3.05, 3.63) is 51.4 Å². The minimum atomic E-state index is -0.135. The van der Waals surface area contributed by atoms with Crippen molar-refractivity contribution in [1.29, 1.82) is 0 Å². The number of carbonyl (C=O) groups is 2. The van der Waals surface area contributed by atoms with Crippen LogP contribution in [0.4, 0.5) is 5.00 Å². The molecule has 1 aliphatic heterocycles. The fourth-order valence-electron chi connectivity index (χ4n) is 5.03. The van der Waals surface area contributed by atoms with Crippen LogP contribution in [0.2, 0.25) is 0 Å². The van der Waals surface area contributed by atoms with E-state index in [-0.39, 0.29) is 17.2 Å². The number of rotatable bonds is 3. The Hall–Kier alpha value is -2.14. The molecule has 1 fully saturated rings. The first kappa shape index (κ1) is 23.0. The molecular formula is C27H36N2O2S. The SMILES string of the molecule is Cc1cccc(C(=O)Nc2sc3c(c2C(=O)N2CCCCCC2)CCC(C(C)(C)C)C3)c1. The van der Waals surface area contributed by atoms with Crippen LogP contribution in [0.3, 0.4) is 0 Å². The molecule has 0 spiro atoms. The summed E-state index contributed by atoms with van der Waals surface area (Å²) in [6.45, 7) is 10.5. The summed E-state index contributed by atoms with van der Waals surface area (Å²) in [7, 11) is 0. The van der Waals surface area contributed by atoms with Crippen LogP contribution in [0.25, 0.3) is 0 Å². The minimum Gasteiger partial charge on any atom is -0.339 e. The molecule has 1 atom stereocenters. The van der Waals surface area contributed by atoms with E-state index < -0.39 is 0 Å². The number of aryl methyl sites for hydroxylation is 1. The normalized spacial score (nSPS) is 19.2. The van der Waals surface area contributed by atoms with Gasteiger partial charge in [-0.05, 0) is 68.1 Å². The molecule has 0 bridgehead atoms. The van der Waals surface area contributed by atoms with E-state index in [9.17, 15) is 9.59 Å². The molecule has 4 rings (SSSR count). The summed E-state index contributed by atoms with van der Waals surface area (Å²) >= 11 is 1.63. The van der Waals surface area contributed by atoms with Gasteiger partial charge in [-0.1, -0.05) is 51.3 Å². The van der Waals surface area contributed by atoms with E-state index >= 15 is 0 Å². The van der Waals surface area contributed by atoms with Crippen LogP contribution in [0.5, 0.6) is 0 Å². The molecule has 1 saturated heterocycles. The maximum atomic E-state index is 13.7. The van der Waals surface area contributed by atoms with Crippen molar-refractivity contribution in [3.63, 3.8) is 0 Å². The molecular weight excluding hydrogens is 416 g/mol. The topological polar surface area (TPSA) is 49.4 Å². The van der Waals surface area contributed by atoms with E-state index in [1.165, 1.54) is 23.3 Å². The van der Waals surface area contributed by atoms with Crippen LogP contribution < -0.4 is 5.32 Å². The van der Waals surface area contributed by atoms with Gasteiger partial charge < -0.3 is 10.2 Å². The number of carbonyl (C=O) groups excluding carboxylic acids is 2. The van der Waals surface area contributed by atoms with Crippen molar-refractivity contribution in [2.75, 3.05) is 18.4 Å². The van der Waals surface area contributed by atoms with Crippen molar-refractivity contribution in [1.82, 2.24) is 4.90 Å². The Morgan fingerprint density at radius 1 is 1.09 bits per heavy atom. The maximum absolute atomic E-state index is 13.7. The molecule has 0 radical (unpaired) electrons. The summed E-state index contributed by atoms with van der Waals surface area (Å²) in [4.78, 5) is 30.1. The van der Waals surface area contributed by atoms with Crippen LogP contribution in [-0.4, -0.2) is 29.8 Å². The molecule has 2 amide bonds. The largest absolute Gasteiger partial charge is 0.339 e. The number of amides is 2. The van der Waals surface area contributed by atoms with Crippen LogP contribution in [-0.2, 0) is 12.8 Å². The second kappa shape index (κ2) is 9.38. The van der Waals surface area contributed by atoms with Crippen molar-refractivity contribution in [2.24, 2.45) is 11.3 Å². The highest BCUT2D eigenvalue weighted by atomic mass is 32.1. The first-order chi connectivity index (χ1) is 15.2. The third-order valence-corrected chi connectivity index (χ3v) is 8.27. The smallest absolute Gasteiger partial charge is 0.257 e. The molecule has 172 valence electrons. The molecule has 0 saturated carbocycles. The monoisotopic (exact) mass is 452 g/mol. The Labute approximate surface area is 196 Å². The second-order valence-electron chi connectivity index (χ2n) is 10.5. The summed E-state index contributed by atoms with van der Waals surface area (Å²) in [6.07, 6.45) is 7.52. The van der Waals surface area contributed by atoms with Gasteiger partial charge in [-0.25, -0.2) is 0 Å². The second-order valence-corrected chi connectivity index (χ2v) is 11.6. The number of benzene rings is 1. The minimum absolute atomic E-state index is 0.109. The summed E-state index contributed by atoms with van der Waals surface area (Å²) < 4.78 is 0. The molecule has 1 aromatic carbocycles. The predicted molar refractivity (Wildman–Crippen MR) is 133 cm³/mol. The molecule has 1 aliphatic carbocycles. The van der Waals surface area contributed by atoms with Gasteiger partial charge in [-0.15, -0.1) is 11.3 Å². The van der Waals surface area contributed by atoms with Crippen molar-refractivity contribution < 1.29 is 9.59 Å². The standard InChI is InChI=1S/C27H36N2O2S/c1-18-10-9-11-19(16-18)24(30)28-25-23(26(31)29-14-7-5-6-8-15-29)21-13-12-20(27(2,3)4)17-22(21)32-25/h9-11,16,20H,5-8,12-15,17H2,1-4H3,(H,28,30). The highest BCUT2D eigenvalue weighted by Gasteiger charge is 2.35. The van der Waals surface area contributed by atoms with E-state index in [2.05, 4.69) is 26.1 Å². The predicted octanol–water partition coefficient (Wildman–Crippen LogP) is 6.48. The van der Waals surface area contributed by atoms with Crippen molar-refractivity contribution >= 4 is 28.2 Å². The number of nitrogens with one attached hydrogen (secondary N) is 1. The fraction of sp³-hybridized carbons (Fsp3) is 0.556. The Morgan fingerprint density at radius 3 is 2.47 bits per heavy atom. The molecule has 4 nitrogen and oxygen atoms in total. The Kier molecular flexibility index (Phi) is 6.75. The average Bonchev–Trinajstić information content (AvgIpc) is 2.90. The number of fused-ring (bicyclic) bond motifs is 1. The lowest BCUT2D eigenvalue weighted by molar-refractivity contribution is 0.0761. The van der Waals surface area contributed by atoms with Crippen LogP contribution in [0.15, 0.2) is 24.3 Å². The average molecular weight is 453 g/mol. The molecule has 2 heterocycles. The zero-order chi connectivity index (χ0) is 22.9. The highest BCUT2D eigenvalue weighted by molar-refractivity contribution is 7.17. The van der Waals surface area contributed by atoms with E-state index in [0.29, 0.717) is 11.5 Å². The molecule has 2 aromatic rings. The van der Waals surface area contributed by atoms with E-state index in [1.807, 2.05) is 36.1 Å². The van der Waals surface area contributed by atoms with Gasteiger partial charge in [-0.2, -0.15) is 0 Å². The van der Waals surface area contributed by atoms with Crippen molar-refractivity contribution in [3.8, 4) is 0 Å². The summed E-state index contributed by atoms with van der Waals surface area (Å²) in [6, 6.07) is 7.62. The number of thiophene rings is 1. The highest BCUT2D eigenvalue weighted by Crippen LogP contribution is 2.45. The maximum Gasteiger partial charge on any atom is 0.257 e. The zero-order valence-corrected chi connectivity index (χ0v) is 20.7. The number of hydrogen-bond acceptors (Lipinski definition) is 3. The van der Waals surface area contributed by atoms with Gasteiger partial charge in [0.1, 0.15) is 5.00 Å². The molecule has 1 unspecified atom stereocenters. The van der Waals surface area contributed by atoms with Gasteiger partial charge in [-0.3, -0.25) is 9.59 Å². The molecule has 1 N–H and O–H groups in total. The summed E-state index contributed by atoms with van der Waals surface area (Å²) in [5.74, 6) is 0.567. The van der Waals surface area contributed by atoms with E-state index in [1.54, 1.807) is 11.3 Å². The number of likely N-dealkylation sites (tertiary alicyclic amines) is 1. The van der Waals surface area contributed by atoms with E-state index in [0.717, 1.165) is 61.3 Å². The Balaban J connectivity index is 1.68. The zero-order valence-electron chi connectivity index (χ0n) is 19.9. The molecule has 5 heteroatoms. The number of hydrogen-bond donors (Lipinski definition) is 1. The molecule has 2 aliphatic rings. The van der Waals surface area contributed by atoms with Gasteiger partial charge >= 0.3 is 0 Å². The Morgan fingerprint density at radius 2 is 1.81 bits per heavy atom. The van der Waals surface area contributed by atoms with Crippen LogP contribution in [0.1, 0.15) is 89.6 Å². The first-order valence-electron chi connectivity index (χ1n) is 12.1. The molecule has 32 heavy (non-hydrogen) atoms. The quantitative estimate of drug-likeness (QED) is 0.580. The number of anilines is 1. The Bertz CT molecular complexity index is 994. The van der Waals surface area contributed by atoms with Gasteiger partial charge in [0.05, 0.1) is 5.56 Å². The lowest BCUT2D eigenvalue weighted by Crippen LogP contribution is -2.33. The van der Waals surface area contributed by atoms with Gasteiger partial charge in [0.2, 0.25) is 0 Å². The lowest BCUT2D eigenvalue weighted by Gasteiger charge is -2.34. The summed E-state index contributed by atoms with van der Waals surface area (Å²) in [5, 5.41) is 3.87. The summed E-state index contributed by atoms with van der Waals surface area (Å²) in [5.41, 5.74) is 3.88. The number of nitrogens with zero attached hydrogens (tertiary/aromatic N) is 1.